The number of aliphatic hydroxyl groups excluding tert-OH is 2. The minimum atomic E-state index is -1.36. The number of rotatable bonds is 7. The van der Waals surface area contributed by atoms with Crippen LogP contribution in [-0.4, -0.2) is 58.6 Å². The number of hydrogen-bond acceptors (Lipinski definition) is 8. The first-order chi connectivity index (χ1) is 11.2. The molecule has 0 spiro atoms. The van der Waals surface area contributed by atoms with Crippen LogP contribution in [0.3, 0.4) is 0 Å². The SMILES string of the molecule is CC(=O)O[C@H](C)[C@@H](/C=C/[C@@H](O)[C@H](O)[C@H]1CC=CC(=O)O1)OC(C)=O. The van der Waals surface area contributed by atoms with Gasteiger partial charge in [0.2, 0.25) is 0 Å². The minimum absolute atomic E-state index is 0.273. The number of carbonyl (C=O) groups is 3. The van der Waals surface area contributed by atoms with Crippen molar-refractivity contribution >= 4 is 17.9 Å². The highest BCUT2D eigenvalue weighted by Crippen LogP contribution is 2.16. The Bertz CT molecular complexity index is 524. The quantitative estimate of drug-likeness (QED) is 0.377. The van der Waals surface area contributed by atoms with Gasteiger partial charge >= 0.3 is 17.9 Å². The molecule has 0 aliphatic carbocycles. The van der Waals surface area contributed by atoms with Crippen molar-refractivity contribution in [3.8, 4) is 0 Å². The topological polar surface area (TPSA) is 119 Å². The van der Waals surface area contributed by atoms with Gasteiger partial charge in [0, 0.05) is 26.3 Å². The van der Waals surface area contributed by atoms with E-state index < -0.39 is 48.4 Å². The molecule has 2 N–H and O–H groups in total. The highest BCUT2D eigenvalue weighted by atomic mass is 16.6. The second-order valence-corrected chi connectivity index (χ2v) is 5.37. The molecule has 8 nitrogen and oxygen atoms in total. The van der Waals surface area contributed by atoms with Gasteiger partial charge in [0.25, 0.3) is 0 Å². The summed E-state index contributed by atoms with van der Waals surface area (Å²) < 4.78 is 14.9. The Hall–Kier alpha value is -2.19. The van der Waals surface area contributed by atoms with Crippen LogP contribution in [0.25, 0.3) is 0 Å². The van der Waals surface area contributed by atoms with Gasteiger partial charge in [-0.15, -0.1) is 0 Å². The van der Waals surface area contributed by atoms with E-state index in [-0.39, 0.29) is 6.42 Å². The zero-order chi connectivity index (χ0) is 18.3. The maximum Gasteiger partial charge on any atom is 0.330 e. The van der Waals surface area contributed by atoms with Crippen molar-refractivity contribution in [2.24, 2.45) is 0 Å². The molecule has 0 bridgehead atoms. The summed E-state index contributed by atoms with van der Waals surface area (Å²) in [6.07, 6.45) is 0.269. The van der Waals surface area contributed by atoms with Gasteiger partial charge in [0.15, 0.2) is 6.10 Å². The van der Waals surface area contributed by atoms with Gasteiger partial charge < -0.3 is 24.4 Å². The number of hydrogen-bond donors (Lipinski definition) is 2. The normalized spacial score (nSPS) is 22.4. The summed E-state index contributed by atoms with van der Waals surface area (Å²) in [5.41, 5.74) is 0. The molecule has 24 heavy (non-hydrogen) atoms. The van der Waals surface area contributed by atoms with Gasteiger partial charge in [-0.25, -0.2) is 4.79 Å². The molecule has 0 unspecified atom stereocenters. The molecule has 0 saturated heterocycles. The second kappa shape index (κ2) is 9.19. The fourth-order valence-corrected chi connectivity index (χ4v) is 2.11. The van der Waals surface area contributed by atoms with Gasteiger partial charge in [-0.05, 0) is 13.0 Å². The summed E-state index contributed by atoms with van der Waals surface area (Å²) in [7, 11) is 0. The third-order valence-electron chi connectivity index (χ3n) is 3.24. The summed E-state index contributed by atoms with van der Waals surface area (Å²) >= 11 is 0. The van der Waals surface area contributed by atoms with E-state index in [1.807, 2.05) is 0 Å². The molecule has 0 aromatic rings. The largest absolute Gasteiger partial charge is 0.459 e. The molecule has 1 aliphatic rings. The van der Waals surface area contributed by atoms with E-state index in [2.05, 4.69) is 0 Å². The Kier molecular flexibility index (Phi) is 7.60. The summed E-state index contributed by atoms with van der Waals surface area (Å²) in [6, 6.07) is 0. The lowest BCUT2D eigenvalue weighted by Gasteiger charge is -2.26. The Morgan fingerprint density at radius 2 is 1.88 bits per heavy atom. The predicted molar refractivity (Wildman–Crippen MR) is 81.6 cm³/mol. The highest BCUT2D eigenvalue weighted by Gasteiger charge is 2.29. The number of carbonyl (C=O) groups excluding carboxylic acids is 3. The Morgan fingerprint density at radius 3 is 2.42 bits per heavy atom. The molecule has 0 amide bonds. The van der Waals surface area contributed by atoms with Crippen LogP contribution in [0.2, 0.25) is 0 Å². The molecule has 134 valence electrons. The first-order valence-corrected chi connectivity index (χ1v) is 7.46. The van der Waals surface area contributed by atoms with Crippen LogP contribution < -0.4 is 0 Å². The number of ether oxygens (including phenoxy) is 3. The zero-order valence-electron chi connectivity index (χ0n) is 13.7. The molecule has 1 rings (SSSR count). The molecule has 5 atom stereocenters. The highest BCUT2D eigenvalue weighted by molar-refractivity contribution is 5.82. The second-order valence-electron chi connectivity index (χ2n) is 5.37. The maximum atomic E-state index is 11.2. The third-order valence-corrected chi connectivity index (χ3v) is 3.24. The summed E-state index contributed by atoms with van der Waals surface area (Å²) in [5, 5.41) is 20.0. The van der Waals surface area contributed by atoms with Gasteiger partial charge in [0.1, 0.15) is 24.4 Å². The van der Waals surface area contributed by atoms with E-state index in [4.69, 9.17) is 14.2 Å². The lowest BCUT2D eigenvalue weighted by Crippen LogP contribution is -2.40. The first-order valence-electron chi connectivity index (χ1n) is 7.46. The van der Waals surface area contributed by atoms with Crippen LogP contribution in [0, 0.1) is 0 Å². The predicted octanol–water partition coefficient (Wildman–Crippen LogP) is 0.0194. The third kappa shape index (κ3) is 6.51. The van der Waals surface area contributed by atoms with Crippen molar-refractivity contribution in [1.29, 1.82) is 0 Å². The summed E-state index contributed by atoms with van der Waals surface area (Å²) in [5.74, 6) is -1.73. The van der Waals surface area contributed by atoms with Gasteiger partial charge in [-0.2, -0.15) is 0 Å². The molecular formula is C16H22O8. The molecule has 0 aromatic heterocycles. The van der Waals surface area contributed by atoms with Crippen LogP contribution in [0.5, 0.6) is 0 Å². The van der Waals surface area contributed by atoms with Crippen molar-refractivity contribution in [2.45, 2.75) is 57.7 Å². The number of esters is 3. The van der Waals surface area contributed by atoms with Crippen molar-refractivity contribution in [2.75, 3.05) is 0 Å². The van der Waals surface area contributed by atoms with E-state index in [1.54, 1.807) is 6.08 Å². The lowest BCUT2D eigenvalue weighted by atomic mass is 10.0. The van der Waals surface area contributed by atoms with E-state index in [0.29, 0.717) is 0 Å². The molecule has 0 fully saturated rings. The zero-order valence-corrected chi connectivity index (χ0v) is 13.7. The number of cyclic esters (lactones) is 1. The minimum Gasteiger partial charge on any atom is -0.459 e. The Labute approximate surface area is 139 Å². The lowest BCUT2D eigenvalue weighted by molar-refractivity contribution is -0.160. The number of aliphatic hydroxyl groups is 2. The monoisotopic (exact) mass is 342 g/mol. The smallest absolute Gasteiger partial charge is 0.330 e. The van der Waals surface area contributed by atoms with E-state index >= 15 is 0 Å². The summed E-state index contributed by atoms with van der Waals surface area (Å²) in [4.78, 5) is 33.3. The van der Waals surface area contributed by atoms with E-state index in [0.717, 1.165) is 0 Å². The molecular weight excluding hydrogens is 320 g/mol. The van der Waals surface area contributed by atoms with Gasteiger partial charge in [-0.1, -0.05) is 12.2 Å². The van der Waals surface area contributed by atoms with Crippen LogP contribution in [0.15, 0.2) is 24.3 Å². The fourth-order valence-electron chi connectivity index (χ4n) is 2.11. The molecule has 0 saturated carbocycles. The van der Waals surface area contributed by atoms with Crippen molar-refractivity contribution in [3.63, 3.8) is 0 Å². The molecule has 0 aromatic carbocycles. The van der Waals surface area contributed by atoms with E-state index in [1.165, 1.54) is 39.0 Å². The molecule has 8 heteroatoms. The van der Waals surface area contributed by atoms with Crippen molar-refractivity contribution < 1.29 is 38.8 Å². The van der Waals surface area contributed by atoms with Gasteiger partial charge in [-0.3, -0.25) is 9.59 Å². The Balaban J connectivity index is 2.72. The maximum absolute atomic E-state index is 11.2. The Morgan fingerprint density at radius 1 is 1.25 bits per heavy atom. The standard InChI is InChI=1S/C16H22O8/c1-9(22-10(2)17)13(23-11(3)18)8-7-12(19)16(21)14-5-4-6-15(20)24-14/h4,6-9,12-14,16,19,21H,5H2,1-3H3/b8-7+/t9-,12-,13-,14-,16+/m1/s1. The summed E-state index contributed by atoms with van der Waals surface area (Å²) in [6.45, 7) is 3.94. The van der Waals surface area contributed by atoms with Crippen LogP contribution in [0.1, 0.15) is 27.2 Å². The van der Waals surface area contributed by atoms with Crippen molar-refractivity contribution in [1.82, 2.24) is 0 Å². The molecule has 1 aliphatic heterocycles. The van der Waals surface area contributed by atoms with Crippen LogP contribution in [-0.2, 0) is 28.6 Å². The first kappa shape index (κ1) is 19.9. The molecule has 0 radical (unpaired) electrons. The van der Waals surface area contributed by atoms with Crippen molar-refractivity contribution in [3.05, 3.63) is 24.3 Å². The average molecular weight is 342 g/mol. The van der Waals surface area contributed by atoms with Gasteiger partial charge in [0.05, 0.1) is 0 Å². The van der Waals surface area contributed by atoms with E-state index in [9.17, 15) is 24.6 Å². The molecule has 1 heterocycles. The average Bonchev–Trinajstić information content (AvgIpc) is 2.49. The van der Waals surface area contributed by atoms with Crippen LogP contribution >= 0.6 is 0 Å². The van der Waals surface area contributed by atoms with Crippen LogP contribution in [0.4, 0.5) is 0 Å². The fraction of sp³-hybridized carbons (Fsp3) is 0.562.